The van der Waals surface area contributed by atoms with Crippen molar-refractivity contribution in [1.29, 1.82) is 0 Å². The van der Waals surface area contributed by atoms with Gasteiger partial charge in [0.25, 0.3) is 0 Å². The molecule has 0 saturated heterocycles. The van der Waals surface area contributed by atoms with E-state index in [1.807, 2.05) is 6.07 Å². The molecule has 136 valence electrons. The first-order valence-electron chi connectivity index (χ1n) is 8.75. The zero-order chi connectivity index (χ0) is 17.9. The number of hydrogen-bond acceptors (Lipinski definition) is 5. The van der Waals surface area contributed by atoms with E-state index in [-0.39, 0.29) is 0 Å². The molecule has 6 heteroatoms. The van der Waals surface area contributed by atoms with Gasteiger partial charge in [0.1, 0.15) is 5.75 Å². The molecule has 1 aliphatic rings. The second-order valence-corrected chi connectivity index (χ2v) is 9.87. The quantitative estimate of drug-likeness (QED) is 0.748. The van der Waals surface area contributed by atoms with Crippen molar-refractivity contribution in [3.8, 4) is 5.75 Å². The van der Waals surface area contributed by atoms with Crippen LogP contribution in [-0.4, -0.2) is 26.3 Å². The first-order valence-corrected chi connectivity index (χ1v) is 11.1. The van der Waals surface area contributed by atoms with Crippen LogP contribution in [0, 0.1) is 0 Å². The Labute approximate surface area is 154 Å². The fraction of sp³-hybridized carbons (Fsp3) is 0.474. The molecule has 0 fully saturated rings. The van der Waals surface area contributed by atoms with Crippen LogP contribution in [0.3, 0.4) is 0 Å². The lowest BCUT2D eigenvalue weighted by Crippen LogP contribution is -2.36. The summed E-state index contributed by atoms with van der Waals surface area (Å²) in [7, 11) is -3.55. The first kappa shape index (κ1) is 18.4. The lowest BCUT2D eigenvalue weighted by Gasteiger charge is -2.27. The molecule has 0 radical (unpaired) electrons. The van der Waals surface area contributed by atoms with Crippen molar-refractivity contribution in [3.63, 3.8) is 0 Å². The molecule has 0 aliphatic heterocycles. The lowest BCUT2D eigenvalue weighted by molar-refractivity contribution is 0.445. The lowest BCUT2D eigenvalue weighted by atomic mass is 9.87. The molecule has 0 unspecified atom stereocenters. The molecule has 0 spiro atoms. The monoisotopic (exact) mass is 379 g/mol. The summed E-state index contributed by atoms with van der Waals surface area (Å²) in [6, 6.07) is 10.4. The third-order valence-corrected chi connectivity index (χ3v) is 7.11. The maximum Gasteiger partial charge on any atom is 0.311 e. The molecule has 1 heterocycles. The summed E-state index contributed by atoms with van der Waals surface area (Å²) in [6.45, 7) is 4.25. The minimum Gasteiger partial charge on any atom is -0.382 e. The topological polar surface area (TPSA) is 55.4 Å². The molecule has 1 N–H and O–H groups in total. The van der Waals surface area contributed by atoms with Crippen molar-refractivity contribution in [1.82, 2.24) is 5.32 Å². The van der Waals surface area contributed by atoms with Gasteiger partial charge in [0.05, 0.1) is 5.25 Å². The Morgan fingerprint density at radius 3 is 2.84 bits per heavy atom. The van der Waals surface area contributed by atoms with Crippen LogP contribution in [-0.2, 0) is 29.4 Å². The second kappa shape index (κ2) is 7.89. The Bertz CT molecular complexity index is 798. The highest BCUT2D eigenvalue weighted by Gasteiger charge is 2.25. The highest BCUT2D eigenvalue weighted by Crippen LogP contribution is 2.31. The van der Waals surface area contributed by atoms with Crippen molar-refractivity contribution < 1.29 is 12.6 Å². The van der Waals surface area contributed by atoms with Gasteiger partial charge in [0, 0.05) is 17.5 Å². The van der Waals surface area contributed by atoms with Gasteiger partial charge in [-0.15, -0.1) is 11.3 Å². The molecule has 2 aromatic rings. The van der Waals surface area contributed by atoms with E-state index in [0.29, 0.717) is 11.8 Å². The number of rotatable bonds is 7. The third-order valence-electron chi connectivity index (χ3n) is 4.61. The summed E-state index contributed by atoms with van der Waals surface area (Å²) in [6.07, 6.45) is 3.81. The van der Waals surface area contributed by atoms with Gasteiger partial charge in [0.15, 0.2) is 0 Å². The van der Waals surface area contributed by atoms with Gasteiger partial charge in [0.2, 0.25) is 0 Å². The van der Waals surface area contributed by atoms with Crippen molar-refractivity contribution in [3.05, 3.63) is 51.7 Å². The van der Waals surface area contributed by atoms with Crippen LogP contribution in [0.4, 0.5) is 0 Å². The summed E-state index contributed by atoms with van der Waals surface area (Å²) in [5, 5.41) is 5.20. The minimum atomic E-state index is -3.55. The Balaban J connectivity index is 1.63. The largest absolute Gasteiger partial charge is 0.382 e. The van der Waals surface area contributed by atoms with E-state index in [2.05, 4.69) is 28.9 Å². The molecule has 4 nitrogen and oxygen atoms in total. The van der Waals surface area contributed by atoms with E-state index in [4.69, 9.17) is 4.18 Å². The highest BCUT2D eigenvalue weighted by molar-refractivity contribution is 7.87. The average Bonchev–Trinajstić information content (AvgIpc) is 3.08. The molecule has 1 atom stereocenters. The SMILES string of the molecule is CC(C)S(=O)(=O)Oc1cccc2c1CC[C@H](NCCc1cccs1)C2. The number of thiophene rings is 1. The average molecular weight is 380 g/mol. The van der Waals surface area contributed by atoms with Crippen LogP contribution in [0.15, 0.2) is 35.7 Å². The van der Waals surface area contributed by atoms with E-state index in [9.17, 15) is 8.42 Å². The Morgan fingerprint density at radius 1 is 1.28 bits per heavy atom. The molecule has 0 saturated carbocycles. The fourth-order valence-electron chi connectivity index (χ4n) is 3.10. The van der Waals surface area contributed by atoms with Crippen molar-refractivity contribution in [2.75, 3.05) is 6.54 Å². The predicted octanol–water partition coefficient (Wildman–Crippen LogP) is 3.55. The van der Waals surface area contributed by atoms with E-state index in [0.717, 1.165) is 37.8 Å². The fourth-order valence-corrected chi connectivity index (χ4v) is 4.41. The molecule has 1 aromatic carbocycles. The molecular weight excluding hydrogens is 354 g/mol. The molecule has 3 rings (SSSR count). The second-order valence-electron chi connectivity index (χ2n) is 6.74. The van der Waals surface area contributed by atoms with Crippen LogP contribution in [0.1, 0.15) is 36.3 Å². The van der Waals surface area contributed by atoms with E-state index in [1.165, 1.54) is 10.4 Å². The van der Waals surface area contributed by atoms with Crippen LogP contribution < -0.4 is 9.50 Å². The highest BCUT2D eigenvalue weighted by atomic mass is 32.2. The van der Waals surface area contributed by atoms with Gasteiger partial charge in [-0.25, -0.2) is 0 Å². The standard InChI is InChI=1S/C19H25NO3S2/c1-14(2)25(21,22)23-19-7-3-5-15-13-16(8-9-18(15)19)20-11-10-17-6-4-12-24-17/h3-7,12,14,16,20H,8-11,13H2,1-2H3/t16-/m0/s1. The van der Waals surface area contributed by atoms with Gasteiger partial charge in [-0.1, -0.05) is 18.2 Å². The Hall–Kier alpha value is -1.37. The van der Waals surface area contributed by atoms with Gasteiger partial charge in [-0.2, -0.15) is 8.42 Å². The maximum absolute atomic E-state index is 12.1. The van der Waals surface area contributed by atoms with Crippen molar-refractivity contribution >= 4 is 21.5 Å². The normalized spacial score (nSPS) is 17.5. The molecular formula is C19H25NO3S2. The number of nitrogens with one attached hydrogen (secondary N) is 1. The van der Waals surface area contributed by atoms with Crippen LogP contribution >= 0.6 is 11.3 Å². The summed E-state index contributed by atoms with van der Waals surface area (Å²) in [5.74, 6) is 0.503. The van der Waals surface area contributed by atoms with Gasteiger partial charge < -0.3 is 9.50 Å². The van der Waals surface area contributed by atoms with Gasteiger partial charge in [-0.3, -0.25) is 0 Å². The van der Waals surface area contributed by atoms with Gasteiger partial charge >= 0.3 is 10.1 Å². The van der Waals surface area contributed by atoms with Crippen LogP contribution in [0.2, 0.25) is 0 Å². The summed E-state index contributed by atoms with van der Waals surface area (Å²) in [4.78, 5) is 1.40. The van der Waals surface area contributed by atoms with Crippen LogP contribution in [0.5, 0.6) is 5.75 Å². The predicted molar refractivity (Wildman–Crippen MR) is 103 cm³/mol. The summed E-state index contributed by atoms with van der Waals surface area (Å²) < 4.78 is 29.5. The Kier molecular flexibility index (Phi) is 5.81. The zero-order valence-electron chi connectivity index (χ0n) is 14.7. The molecule has 0 amide bonds. The van der Waals surface area contributed by atoms with E-state index < -0.39 is 15.4 Å². The maximum atomic E-state index is 12.1. The molecule has 0 bridgehead atoms. The summed E-state index contributed by atoms with van der Waals surface area (Å²) >= 11 is 1.79. The van der Waals surface area contributed by atoms with E-state index in [1.54, 1.807) is 31.3 Å². The number of fused-ring (bicyclic) bond motifs is 1. The Morgan fingerprint density at radius 2 is 2.12 bits per heavy atom. The van der Waals surface area contributed by atoms with Crippen LogP contribution in [0.25, 0.3) is 0 Å². The van der Waals surface area contributed by atoms with Gasteiger partial charge in [-0.05, 0) is 68.2 Å². The molecule has 25 heavy (non-hydrogen) atoms. The molecule has 1 aromatic heterocycles. The number of hydrogen-bond donors (Lipinski definition) is 1. The molecule has 1 aliphatic carbocycles. The smallest absolute Gasteiger partial charge is 0.311 e. The van der Waals surface area contributed by atoms with E-state index >= 15 is 0 Å². The van der Waals surface area contributed by atoms with Crippen molar-refractivity contribution in [2.24, 2.45) is 0 Å². The zero-order valence-corrected chi connectivity index (χ0v) is 16.3. The summed E-state index contributed by atoms with van der Waals surface area (Å²) in [5.41, 5.74) is 2.24. The van der Waals surface area contributed by atoms with Crippen molar-refractivity contribution in [2.45, 2.75) is 50.8 Å². The minimum absolute atomic E-state index is 0.435. The first-order chi connectivity index (χ1) is 12.0. The number of benzene rings is 1. The third kappa shape index (κ3) is 4.63.